The number of hydrogen-bond donors (Lipinski definition) is 1. The Morgan fingerprint density at radius 3 is 2.74 bits per heavy atom. The standard InChI is InChI=1S/C16H26BrNO/c1-3-4-5-6-9-14(2)19-13-12-18-16-11-8-7-10-15(16)17/h7-8,10-11,14,18H,3-6,9,12-13H2,1-2H3. The fourth-order valence-electron chi connectivity index (χ4n) is 1.99. The fraction of sp³-hybridized carbons (Fsp3) is 0.625. The first-order chi connectivity index (χ1) is 9.24. The molecule has 0 aliphatic heterocycles. The van der Waals surface area contributed by atoms with Crippen LogP contribution in [-0.4, -0.2) is 19.3 Å². The Morgan fingerprint density at radius 2 is 2.00 bits per heavy atom. The number of anilines is 1. The molecule has 0 saturated carbocycles. The monoisotopic (exact) mass is 327 g/mol. The van der Waals surface area contributed by atoms with Gasteiger partial charge in [-0.1, -0.05) is 44.7 Å². The SMILES string of the molecule is CCCCCCC(C)OCCNc1ccccc1Br. The van der Waals surface area contributed by atoms with Crippen LogP contribution in [0.5, 0.6) is 0 Å². The maximum Gasteiger partial charge on any atom is 0.0642 e. The lowest BCUT2D eigenvalue weighted by Crippen LogP contribution is -2.15. The van der Waals surface area contributed by atoms with E-state index in [1.165, 1.54) is 32.1 Å². The summed E-state index contributed by atoms with van der Waals surface area (Å²) in [4.78, 5) is 0. The molecule has 1 aromatic rings. The van der Waals surface area contributed by atoms with Gasteiger partial charge >= 0.3 is 0 Å². The zero-order valence-corrected chi connectivity index (χ0v) is 13.7. The summed E-state index contributed by atoms with van der Waals surface area (Å²) in [5.74, 6) is 0. The highest BCUT2D eigenvalue weighted by Gasteiger charge is 2.02. The third-order valence-electron chi connectivity index (χ3n) is 3.16. The Labute approximate surface area is 126 Å². The summed E-state index contributed by atoms with van der Waals surface area (Å²) in [6, 6.07) is 8.16. The average molecular weight is 328 g/mol. The highest BCUT2D eigenvalue weighted by Crippen LogP contribution is 2.20. The Kier molecular flexibility index (Phi) is 8.93. The van der Waals surface area contributed by atoms with Crippen LogP contribution in [0.2, 0.25) is 0 Å². The van der Waals surface area contributed by atoms with Crippen molar-refractivity contribution in [2.24, 2.45) is 0 Å². The van der Waals surface area contributed by atoms with E-state index >= 15 is 0 Å². The average Bonchev–Trinajstić information content (AvgIpc) is 2.41. The van der Waals surface area contributed by atoms with E-state index in [1.54, 1.807) is 0 Å². The van der Waals surface area contributed by atoms with Gasteiger partial charge in [-0.25, -0.2) is 0 Å². The molecule has 19 heavy (non-hydrogen) atoms. The molecule has 0 aromatic heterocycles. The van der Waals surface area contributed by atoms with Crippen molar-refractivity contribution in [3.63, 3.8) is 0 Å². The summed E-state index contributed by atoms with van der Waals surface area (Å²) in [6.45, 7) is 6.02. The normalized spacial score (nSPS) is 12.4. The third-order valence-corrected chi connectivity index (χ3v) is 3.85. The van der Waals surface area contributed by atoms with E-state index in [0.717, 1.165) is 23.3 Å². The van der Waals surface area contributed by atoms with Crippen LogP contribution in [-0.2, 0) is 4.74 Å². The number of benzene rings is 1. The van der Waals surface area contributed by atoms with Crippen molar-refractivity contribution in [1.82, 2.24) is 0 Å². The molecule has 1 unspecified atom stereocenters. The highest BCUT2D eigenvalue weighted by molar-refractivity contribution is 9.10. The summed E-state index contributed by atoms with van der Waals surface area (Å²) in [6.07, 6.45) is 6.81. The maximum absolute atomic E-state index is 5.81. The van der Waals surface area contributed by atoms with E-state index in [4.69, 9.17) is 4.74 Å². The summed E-state index contributed by atoms with van der Waals surface area (Å²) < 4.78 is 6.91. The number of ether oxygens (including phenoxy) is 1. The number of para-hydroxylation sites is 1. The Morgan fingerprint density at radius 1 is 1.21 bits per heavy atom. The summed E-state index contributed by atoms with van der Waals surface area (Å²) >= 11 is 3.52. The molecule has 1 aromatic carbocycles. The summed E-state index contributed by atoms with van der Waals surface area (Å²) in [7, 11) is 0. The molecule has 0 spiro atoms. The van der Waals surface area contributed by atoms with Gasteiger partial charge < -0.3 is 10.1 Å². The predicted molar refractivity (Wildman–Crippen MR) is 86.8 cm³/mol. The van der Waals surface area contributed by atoms with E-state index < -0.39 is 0 Å². The van der Waals surface area contributed by atoms with Crippen molar-refractivity contribution in [3.8, 4) is 0 Å². The summed E-state index contributed by atoms with van der Waals surface area (Å²) in [5.41, 5.74) is 1.13. The maximum atomic E-state index is 5.81. The second-order valence-corrected chi connectivity index (χ2v) is 5.79. The van der Waals surface area contributed by atoms with Gasteiger partial charge in [0.1, 0.15) is 0 Å². The van der Waals surface area contributed by atoms with Crippen molar-refractivity contribution < 1.29 is 4.74 Å². The van der Waals surface area contributed by atoms with E-state index in [9.17, 15) is 0 Å². The molecule has 3 heteroatoms. The Bertz CT molecular complexity index is 343. The highest BCUT2D eigenvalue weighted by atomic mass is 79.9. The molecule has 2 nitrogen and oxygen atoms in total. The largest absolute Gasteiger partial charge is 0.382 e. The number of rotatable bonds is 10. The minimum absolute atomic E-state index is 0.373. The first kappa shape index (κ1) is 16.5. The molecular weight excluding hydrogens is 302 g/mol. The zero-order valence-electron chi connectivity index (χ0n) is 12.1. The van der Waals surface area contributed by atoms with Gasteiger partial charge in [-0.3, -0.25) is 0 Å². The van der Waals surface area contributed by atoms with Gasteiger partial charge in [-0.05, 0) is 41.4 Å². The Hall–Kier alpha value is -0.540. The van der Waals surface area contributed by atoms with Crippen LogP contribution in [0.3, 0.4) is 0 Å². The smallest absolute Gasteiger partial charge is 0.0642 e. The molecule has 0 bridgehead atoms. The van der Waals surface area contributed by atoms with E-state index in [2.05, 4.69) is 41.2 Å². The molecule has 0 fully saturated rings. The van der Waals surface area contributed by atoms with Crippen LogP contribution >= 0.6 is 15.9 Å². The van der Waals surface area contributed by atoms with Crippen molar-refractivity contribution in [2.75, 3.05) is 18.5 Å². The quantitative estimate of drug-likeness (QED) is 0.593. The minimum atomic E-state index is 0.373. The van der Waals surface area contributed by atoms with Gasteiger partial charge in [-0.2, -0.15) is 0 Å². The third kappa shape index (κ3) is 7.58. The molecule has 0 radical (unpaired) electrons. The van der Waals surface area contributed by atoms with Crippen LogP contribution in [0.4, 0.5) is 5.69 Å². The minimum Gasteiger partial charge on any atom is -0.382 e. The van der Waals surface area contributed by atoms with Gasteiger partial charge in [0.05, 0.1) is 12.7 Å². The van der Waals surface area contributed by atoms with E-state index in [-0.39, 0.29) is 0 Å². The lowest BCUT2D eigenvalue weighted by molar-refractivity contribution is 0.0658. The first-order valence-corrected chi connectivity index (χ1v) is 8.13. The van der Waals surface area contributed by atoms with Gasteiger partial charge in [0.2, 0.25) is 0 Å². The number of hydrogen-bond acceptors (Lipinski definition) is 2. The van der Waals surface area contributed by atoms with Crippen LogP contribution in [0.15, 0.2) is 28.7 Å². The molecule has 1 rings (SSSR count). The number of halogens is 1. The number of unbranched alkanes of at least 4 members (excludes halogenated alkanes) is 3. The molecule has 0 amide bonds. The van der Waals surface area contributed by atoms with Crippen LogP contribution in [0.1, 0.15) is 46.0 Å². The van der Waals surface area contributed by atoms with Gasteiger partial charge in [-0.15, -0.1) is 0 Å². The van der Waals surface area contributed by atoms with E-state index in [1.807, 2.05) is 18.2 Å². The van der Waals surface area contributed by atoms with Crippen molar-refractivity contribution in [1.29, 1.82) is 0 Å². The van der Waals surface area contributed by atoms with Gasteiger partial charge in [0.25, 0.3) is 0 Å². The van der Waals surface area contributed by atoms with Crippen molar-refractivity contribution in [3.05, 3.63) is 28.7 Å². The fourth-order valence-corrected chi connectivity index (χ4v) is 2.42. The van der Waals surface area contributed by atoms with Crippen LogP contribution in [0, 0.1) is 0 Å². The Balaban J connectivity index is 2.05. The first-order valence-electron chi connectivity index (χ1n) is 7.34. The molecule has 0 saturated heterocycles. The molecular formula is C16H26BrNO. The second-order valence-electron chi connectivity index (χ2n) is 4.94. The molecule has 1 atom stereocenters. The molecule has 0 heterocycles. The van der Waals surface area contributed by atoms with E-state index in [0.29, 0.717) is 6.10 Å². The lowest BCUT2D eigenvalue weighted by Gasteiger charge is -2.14. The second kappa shape index (κ2) is 10.3. The van der Waals surface area contributed by atoms with Gasteiger partial charge in [0, 0.05) is 16.7 Å². The lowest BCUT2D eigenvalue weighted by atomic mass is 10.1. The van der Waals surface area contributed by atoms with Crippen LogP contribution < -0.4 is 5.32 Å². The summed E-state index contributed by atoms with van der Waals surface area (Å²) in [5, 5.41) is 3.37. The molecule has 0 aliphatic carbocycles. The van der Waals surface area contributed by atoms with Crippen molar-refractivity contribution >= 4 is 21.6 Å². The molecule has 0 aliphatic rings. The van der Waals surface area contributed by atoms with Gasteiger partial charge in [0.15, 0.2) is 0 Å². The predicted octanol–water partition coefficient (Wildman–Crippen LogP) is 5.24. The topological polar surface area (TPSA) is 21.3 Å². The zero-order chi connectivity index (χ0) is 13.9. The number of nitrogens with one attached hydrogen (secondary N) is 1. The van der Waals surface area contributed by atoms with Crippen LogP contribution in [0.25, 0.3) is 0 Å². The molecule has 108 valence electrons. The van der Waals surface area contributed by atoms with Crippen molar-refractivity contribution in [2.45, 2.75) is 52.1 Å². The molecule has 1 N–H and O–H groups in total.